The van der Waals surface area contributed by atoms with Crippen LogP contribution in [0.25, 0.3) is 0 Å². The van der Waals surface area contributed by atoms with E-state index in [1.165, 1.54) is 37.7 Å². The maximum Gasteiger partial charge on any atom is 0.138 e. The van der Waals surface area contributed by atoms with Gasteiger partial charge in [0.05, 0.1) is 6.61 Å². The summed E-state index contributed by atoms with van der Waals surface area (Å²) in [6.45, 7) is 5.09. The predicted molar refractivity (Wildman–Crippen MR) is 99.2 cm³/mol. The number of unbranched alkanes of at least 4 members (excludes halogenated alkanes) is 1. The fourth-order valence-corrected chi connectivity index (χ4v) is 3.24. The molecule has 2 aromatic rings. The number of hydrogen-bond acceptors (Lipinski definition) is 2. The highest BCUT2D eigenvalue weighted by Gasteiger charge is 2.24. The van der Waals surface area contributed by atoms with Crippen LogP contribution in [0, 0.1) is 5.92 Å². The molecule has 3 nitrogen and oxygen atoms in total. The van der Waals surface area contributed by atoms with Gasteiger partial charge in [-0.15, -0.1) is 0 Å². The molecule has 1 heterocycles. The lowest BCUT2D eigenvalue weighted by Crippen LogP contribution is -2.19. The summed E-state index contributed by atoms with van der Waals surface area (Å²) >= 11 is 0. The molecule has 3 heteroatoms. The lowest BCUT2D eigenvalue weighted by molar-refractivity contribution is 0.120. The van der Waals surface area contributed by atoms with Crippen LogP contribution in [0.1, 0.15) is 63.3 Å². The average molecular weight is 329 g/mol. The average Bonchev–Trinajstić information content (AvgIpc) is 3.05. The molecule has 2 rings (SSSR count). The molecule has 0 saturated carbocycles. The molecule has 1 N–H and O–H groups in total. The quantitative estimate of drug-likeness (QED) is 0.558. The molecule has 132 valence electrons. The molecule has 0 aliphatic rings. The van der Waals surface area contributed by atoms with Crippen LogP contribution >= 0.6 is 0 Å². The Bertz CT molecular complexity index is 564. The van der Waals surface area contributed by atoms with E-state index >= 15 is 0 Å². The molecule has 2 atom stereocenters. The van der Waals surface area contributed by atoms with Crippen molar-refractivity contribution in [1.82, 2.24) is 4.98 Å². The first-order chi connectivity index (χ1) is 11.8. The van der Waals surface area contributed by atoms with Crippen molar-refractivity contribution in [2.24, 2.45) is 5.92 Å². The van der Waals surface area contributed by atoms with Gasteiger partial charge in [0.25, 0.3) is 0 Å². The highest BCUT2D eigenvalue weighted by Crippen LogP contribution is 2.34. The molecule has 0 aliphatic heterocycles. The van der Waals surface area contributed by atoms with E-state index in [2.05, 4.69) is 49.2 Å². The van der Waals surface area contributed by atoms with Gasteiger partial charge >= 0.3 is 0 Å². The fourth-order valence-electron chi connectivity index (χ4n) is 3.24. The van der Waals surface area contributed by atoms with Gasteiger partial charge in [-0.3, -0.25) is 0 Å². The second kappa shape index (κ2) is 10.2. The standard InChI is InChI=1S/C21H31NO2/c1-4-6-11-17(10-5-2)21(18-12-8-7-9-13-18)24-20-14-19(16-23-3)22-15-20/h7-9,12-15,17,21-22H,4-6,10-11,16H2,1-3H3/t17-,21?/m0/s1. The zero-order chi connectivity index (χ0) is 17.2. The fraction of sp³-hybridized carbons (Fsp3) is 0.524. The van der Waals surface area contributed by atoms with Gasteiger partial charge in [0.15, 0.2) is 0 Å². The normalized spacial score (nSPS) is 13.6. The lowest BCUT2D eigenvalue weighted by atomic mass is 9.87. The number of H-pyrrole nitrogens is 1. The first-order valence-corrected chi connectivity index (χ1v) is 9.16. The van der Waals surface area contributed by atoms with Crippen LogP contribution < -0.4 is 4.74 Å². The molecule has 0 fully saturated rings. The summed E-state index contributed by atoms with van der Waals surface area (Å²) in [6.07, 6.45) is 8.09. The van der Waals surface area contributed by atoms with Crippen LogP contribution in [0.2, 0.25) is 0 Å². The zero-order valence-corrected chi connectivity index (χ0v) is 15.3. The summed E-state index contributed by atoms with van der Waals surface area (Å²) in [5.41, 5.74) is 2.31. The maximum absolute atomic E-state index is 6.45. The van der Waals surface area contributed by atoms with Gasteiger partial charge in [0.1, 0.15) is 11.9 Å². The van der Waals surface area contributed by atoms with E-state index in [1.807, 2.05) is 12.3 Å². The van der Waals surface area contributed by atoms with Crippen molar-refractivity contribution >= 4 is 0 Å². The smallest absolute Gasteiger partial charge is 0.138 e. The number of hydrogen-bond donors (Lipinski definition) is 1. The van der Waals surface area contributed by atoms with E-state index in [-0.39, 0.29) is 6.10 Å². The Morgan fingerprint density at radius 3 is 2.50 bits per heavy atom. The van der Waals surface area contributed by atoms with Crippen molar-refractivity contribution in [3.8, 4) is 5.75 Å². The molecular formula is C21H31NO2. The number of nitrogens with one attached hydrogen (secondary N) is 1. The highest BCUT2D eigenvalue weighted by molar-refractivity contribution is 5.26. The van der Waals surface area contributed by atoms with Crippen molar-refractivity contribution in [2.75, 3.05) is 7.11 Å². The van der Waals surface area contributed by atoms with Crippen LogP contribution in [0.4, 0.5) is 0 Å². The van der Waals surface area contributed by atoms with Crippen LogP contribution in [-0.2, 0) is 11.3 Å². The van der Waals surface area contributed by atoms with Gasteiger partial charge < -0.3 is 14.5 Å². The third-order valence-corrected chi connectivity index (χ3v) is 4.42. The monoisotopic (exact) mass is 329 g/mol. The Kier molecular flexibility index (Phi) is 7.90. The summed E-state index contributed by atoms with van der Waals surface area (Å²) in [4.78, 5) is 3.23. The first-order valence-electron chi connectivity index (χ1n) is 9.16. The van der Waals surface area contributed by atoms with Crippen LogP contribution in [0.15, 0.2) is 42.6 Å². The Balaban J connectivity index is 2.20. The van der Waals surface area contributed by atoms with E-state index in [4.69, 9.17) is 9.47 Å². The number of methoxy groups -OCH3 is 1. The molecule has 0 saturated heterocycles. The third-order valence-electron chi connectivity index (χ3n) is 4.42. The molecule has 0 aliphatic carbocycles. The van der Waals surface area contributed by atoms with E-state index in [0.29, 0.717) is 12.5 Å². The lowest BCUT2D eigenvalue weighted by Gasteiger charge is -2.28. The number of aromatic amines is 1. The topological polar surface area (TPSA) is 34.2 Å². The molecule has 24 heavy (non-hydrogen) atoms. The molecule has 0 amide bonds. The Labute approximate surface area is 146 Å². The number of aromatic nitrogens is 1. The van der Waals surface area contributed by atoms with Crippen molar-refractivity contribution in [2.45, 2.75) is 58.7 Å². The Hall–Kier alpha value is -1.74. The number of rotatable bonds is 11. The minimum absolute atomic E-state index is 0.101. The van der Waals surface area contributed by atoms with Gasteiger partial charge in [-0.2, -0.15) is 0 Å². The first kappa shape index (κ1) is 18.6. The highest BCUT2D eigenvalue weighted by atomic mass is 16.5. The molecule has 0 bridgehead atoms. The van der Waals surface area contributed by atoms with Crippen LogP contribution in [0.5, 0.6) is 5.75 Å². The van der Waals surface area contributed by atoms with Crippen molar-refractivity contribution in [1.29, 1.82) is 0 Å². The summed E-state index contributed by atoms with van der Waals surface area (Å²) < 4.78 is 11.6. The summed E-state index contributed by atoms with van der Waals surface area (Å²) in [6, 6.07) is 12.7. The minimum atomic E-state index is 0.101. The zero-order valence-electron chi connectivity index (χ0n) is 15.3. The molecular weight excluding hydrogens is 298 g/mol. The maximum atomic E-state index is 6.45. The van der Waals surface area contributed by atoms with Crippen LogP contribution in [-0.4, -0.2) is 12.1 Å². The summed E-state index contributed by atoms with van der Waals surface area (Å²) in [7, 11) is 1.70. The van der Waals surface area contributed by atoms with Crippen LogP contribution in [0.3, 0.4) is 0 Å². The van der Waals surface area contributed by atoms with E-state index in [0.717, 1.165) is 11.4 Å². The van der Waals surface area contributed by atoms with Gasteiger partial charge in [-0.05, 0) is 18.4 Å². The van der Waals surface area contributed by atoms with Gasteiger partial charge in [0.2, 0.25) is 0 Å². The number of ether oxygens (including phenoxy) is 2. The number of benzene rings is 1. The van der Waals surface area contributed by atoms with Gasteiger partial charge in [0, 0.05) is 31.0 Å². The molecule has 1 aromatic carbocycles. The van der Waals surface area contributed by atoms with Crippen molar-refractivity contribution in [3.05, 3.63) is 53.9 Å². The third kappa shape index (κ3) is 5.41. The molecule has 1 unspecified atom stereocenters. The minimum Gasteiger partial charge on any atom is -0.484 e. The SMILES string of the molecule is CCCC[C@H](CCC)C(Oc1c[nH]c(COC)c1)c1ccccc1. The predicted octanol–water partition coefficient (Wildman–Crippen LogP) is 5.89. The molecule has 0 radical (unpaired) electrons. The Morgan fingerprint density at radius 1 is 1.04 bits per heavy atom. The van der Waals surface area contributed by atoms with Crippen molar-refractivity contribution in [3.63, 3.8) is 0 Å². The van der Waals surface area contributed by atoms with Gasteiger partial charge in [-0.25, -0.2) is 0 Å². The second-order valence-electron chi connectivity index (χ2n) is 6.43. The second-order valence-corrected chi connectivity index (χ2v) is 6.43. The molecule has 0 spiro atoms. The van der Waals surface area contributed by atoms with E-state index in [9.17, 15) is 0 Å². The van der Waals surface area contributed by atoms with Crippen molar-refractivity contribution < 1.29 is 9.47 Å². The van der Waals surface area contributed by atoms with Gasteiger partial charge in [-0.1, -0.05) is 63.4 Å². The largest absolute Gasteiger partial charge is 0.484 e. The van der Waals surface area contributed by atoms with E-state index in [1.54, 1.807) is 7.11 Å². The summed E-state index contributed by atoms with van der Waals surface area (Å²) in [5.74, 6) is 1.44. The van der Waals surface area contributed by atoms with E-state index < -0.39 is 0 Å². The summed E-state index contributed by atoms with van der Waals surface area (Å²) in [5, 5.41) is 0. The molecule has 1 aromatic heterocycles. The Morgan fingerprint density at radius 2 is 1.83 bits per heavy atom.